The summed E-state index contributed by atoms with van der Waals surface area (Å²) in [6, 6.07) is 3.40. The minimum Gasteiger partial charge on any atom is -0.210 e. The van der Waals surface area contributed by atoms with Crippen LogP contribution < -0.4 is 4.72 Å². The van der Waals surface area contributed by atoms with Gasteiger partial charge in [-0.3, -0.25) is 0 Å². The maximum Gasteiger partial charge on any atom is 0.250 e. The average Bonchev–Trinajstić information content (AvgIpc) is 2.76. The Bertz CT molecular complexity index is 490. The number of nitrogens with one attached hydrogen (secondary N) is 1. The molecule has 1 heterocycles. The van der Waals surface area contributed by atoms with E-state index in [1.54, 1.807) is 12.1 Å². The molecule has 0 unspecified atom stereocenters. The molecule has 1 saturated carbocycles. The second-order valence-electron chi connectivity index (χ2n) is 5.04. The van der Waals surface area contributed by atoms with Crippen LogP contribution in [-0.2, 0) is 10.0 Å². The lowest BCUT2D eigenvalue weighted by Crippen LogP contribution is -2.30. The molecule has 0 bridgehead atoms. The zero-order valence-corrected chi connectivity index (χ0v) is 13.6. The predicted octanol–water partition coefficient (Wildman–Crippen LogP) is 3.62. The first-order chi connectivity index (χ1) is 8.47. The molecule has 0 amide bonds. The molecule has 0 saturated heterocycles. The predicted molar refractivity (Wildman–Crippen MR) is 78.3 cm³/mol. The molecule has 0 aromatic carbocycles. The summed E-state index contributed by atoms with van der Waals surface area (Å²) >= 11 is 4.53. The van der Waals surface area contributed by atoms with Crippen LogP contribution in [0.15, 0.2) is 20.1 Å². The molecule has 18 heavy (non-hydrogen) atoms. The van der Waals surface area contributed by atoms with Gasteiger partial charge in [-0.25, -0.2) is 13.1 Å². The number of rotatable bonds is 4. The highest BCUT2D eigenvalue weighted by Crippen LogP contribution is 2.29. The van der Waals surface area contributed by atoms with Crippen molar-refractivity contribution in [3.63, 3.8) is 0 Å². The van der Waals surface area contributed by atoms with Gasteiger partial charge in [0.25, 0.3) is 0 Å². The molecule has 1 fully saturated rings. The number of thiophene rings is 1. The molecule has 6 heteroatoms. The Morgan fingerprint density at radius 2 is 2.00 bits per heavy atom. The maximum atomic E-state index is 12.0. The molecule has 1 aromatic heterocycles. The highest BCUT2D eigenvalue weighted by molar-refractivity contribution is 9.11. The Kier molecular flexibility index (Phi) is 4.86. The number of halogens is 1. The molecule has 0 spiro atoms. The van der Waals surface area contributed by atoms with E-state index in [-0.39, 0.29) is 0 Å². The van der Waals surface area contributed by atoms with E-state index in [1.165, 1.54) is 24.2 Å². The molecule has 0 radical (unpaired) electrons. The first-order valence-electron chi connectivity index (χ1n) is 6.22. The van der Waals surface area contributed by atoms with Gasteiger partial charge in [0.2, 0.25) is 10.0 Å². The average molecular weight is 352 g/mol. The second-order valence-corrected chi connectivity index (χ2v) is 9.49. The van der Waals surface area contributed by atoms with Crippen LogP contribution in [0.5, 0.6) is 0 Å². The quantitative estimate of drug-likeness (QED) is 0.900. The monoisotopic (exact) mass is 351 g/mol. The van der Waals surface area contributed by atoms with Gasteiger partial charge in [-0.05, 0) is 52.7 Å². The van der Waals surface area contributed by atoms with E-state index in [1.807, 2.05) is 0 Å². The molecule has 0 atom stereocenters. The summed E-state index contributed by atoms with van der Waals surface area (Å²) in [5.74, 6) is 1.30. The van der Waals surface area contributed by atoms with E-state index < -0.39 is 10.0 Å². The van der Waals surface area contributed by atoms with Gasteiger partial charge in [-0.2, -0.15) is 0 Å². The second kappa shape index (κ2) is 6.03. The van der Waals surface area contributed by atoms with Gasteiger partial charge in [0, 0.05) is 6.54 Å². The van der Waals surface area contributed by atoms with Crippen LogP contribution in [0.25, 0.3) is 0 Å². The normalized spacial score (nSPS) is 25.2. The molecule has 3 nitrogen and oxygen atoms in total. The third-order valence-electron chi connectivity index (χ3n) is 3.51. The van der Waals surface area contributed by atoms with E-state index in [9.17, 15) is 8.42 Å². The van der Waals surface area contributed by atoms with Crippen LogP contribution in [0.3, 0.4) is 0 Å². The Hall–Kier alpha value is 0.0900. The van der Waals surface area contributed by atoms with Crippen molar-refractivity contribution in [1.29, 1.82) is 0 Å². The van der Waals surface area contributed by atoms with Crippen LogP contribution in [0.4, 0.5) is 0 Å². The summed E-state index contributed by atoms with van der Waals surface area (Å²) in [6.45, 7) is 2.84. The Morgan fingerprint density at radius 3 is 2.56 bits per heavy atom. The van der Waals surface area contributed by atoms with Crippen molar-refractivity contribution in [2.24, 2.45) is 11.8 Å². The van der Waals surface area contributed by atoms with Crippen molar-refractivity contribution in [2.45, 2.75) is 36.8 Å². The highest BCUT2D eigenvalue weighted by atomic mass is 79.9. The van der Waals surface area contributed by atoms with Crippen LogP contribution >= 0.6 is 27.3 Å². The van der Waals surface area contributed by atoms with Crippen molar-refractivity contribution in [2.75, 3.05) is 6.54 Å². The first kappa shape index (κ1) is 14.5. The van der Waals surface area contributed by atoms with E-state index in [0.29, 0.717) is 16.7 Å². The van der Waals surface area contributed by atoms with Crippen molar-refractivity contribution in [3.8, 4) is 0 Å². The van der Waals surface area contributed by atoms with Gasteiger partial charge in [0.15, 0.2) is 0 Å². The van der Waals surface area contributed by atoms with Gasteiger partial charge in [0.1, 0.15) is 4.21 Å². The van der Waals surface area contributed by atoms with Crippen LogP contribution in [0.1, 0.15) is 32.6 Å². The van der Waals surface area contributed by atoms with Crippen molar-refractivity contribution in [3.05, 3.63) is 15.9 Å². The van der Waals surface area contributed by atoms with Crippen molar-refractivity contribution >= 4 is 37.3 Å². The van der Waals surface area contributed by atoms with E-state index in [4.69, 9.17) is 0 Å². The first-order valence-corrected chi connectivity index (χ1v) is 9.31. The van der Waals surface area contributed by atoms with Crippen molar-refractivity contribution < 1.29 is 8.42 Å². The molecular formula is C12H18BrNO2S2. The van der Waals surface area contributed by atoms with E-state index >= 15 is 0 Å². The fourth-order valence-electron chi connectivity index (χ4n) is 2.27. The Balaban J connectivity index is 1.90. The number of hydrogen-bond donors (Lipinski definition) is 1. The summed E-state index contributed by atoms with van der Waals surface area (Å²) in [5.41, 5.74) is 0. The molecule has 1 aromatic rings. The summed E-state index contributed by atoms with van der Waals surface area (Å²) in [7, 11) is -3.31. The third-order valence-corrected chi connectivity index (χ3v) is 7.05. The largest absolute Gasteiger partial charge is 0.250 e. The van der Waals surface area contributed by atoms with Crippen LogP contribution in [0, 0.1) is 11.8 Å². The SMILES string of the molecule is CC1CCC(CNS(=O)(=O)c2ccc(Br)s2)CC1. The van der Waals surface area contributed by atoms with Crippen molar-refractivity contribution in [1.82, 2.24) is 4.72 Å². The lowest BCUT2D eigenvalue weighted by atomic mass is 9.83. The van der Waals surface area contributed by atoms with Gasteiger partial charge < -0.3 is 0 Å². The molecular weight excluding hydrogens is 334 g/mol. The summed E-state index contributed by atoms with van der Waals surface area (Å²) in [6.07, 6.45) is 4.71. The summed E-state index contributed by atoms with van der Waals surface area (Å²) in [5, 5.41) is 0. The van der Waals surface area contributed by atoms with E-state index in [0.717, 1.165) is 22.5 Å². The molecule has 1 aliphatic carbocycles. The maximum absolute atomic E-state index is 12.0. The number of sulfonamides is 1. The number of hydrogen-bond acceptors (Lipinski definition) is 3. The Labute approximate surface area is 121 Å². The zero-order chi connectivity index (χ0) is 13.2. The van der Waals surface area contributed by atoms with E-state index in [2.05, 4.69) is 27.6 Å². The summed E-state index contributed by atoms with van der Waals surface area (Å²) < 4.78 is 28.0. The van der Waals surface area contributed by atoms with Crippen LogP contribution in [0.2, 0.25) is 0 Å². The standard InChI is InChI=1S/C12H18BrNO2S2/c1-9-2-4-10(5-3-9)8-14-18(15,16)12-7-6-11(13)17-12/h6-7,9-10,14H,2-5,8H2,1H3. The van der Waals surface area contributed by atoms with Gasteiger partial charge >= 0.3 is 0 Å². The molecule has 2 rings (SSSR count). The van der Waals surface area contributed by atoms with Gasteiger partial charge in [0.05, 0.1) is 3.79 Å². The minimum absolute atomic E-state index is 0.388. The topological polar surface area (TPSA) is 46.2 Å². The fraction of sp³-hybridized carbons (Fsp3) is 0.667. The highest BCUT2D eigenvalue weighted by Gasteiger charge is 2.22. The molecule has 0 aliphatic heterocycles. The van der Waals surface area contributed by atoms with Crippen LogP contribution in [-0.4, -0.2) is 15.0 Å². The fourth-order valence-corrected chi connectivity index (χ4v) is 5.44. The molecule has 1 N–H and O–H groups in total. The van der Waals surface area contributed by atoms with Gasteiger partial charge in [-0.15, -0.1) is 11.3 Å². The Morgan fingerprint density at radius 1 is 1.33 bits per heavy atom. The van der Waals surface area contributed by atoms with Gasteiger partial charge in [-0.1, -0.05) is 19.8 Å². The minimum atomic E-state index is -3.31. The lowest BCUT2D eigenvalue weighted by molar-refractivity contribution is 0.290. The third kappa shape index (κ3) is 3.79. The molecule has 102 valence electrons. The smallest absolute Gasteiger partial charge is 0.210 e. The molecule has 1 aliphatic rings. The summed E-state index contributed by atoms with van der Waals surface area (Å²) in [4.78, 5) is 0. The lowest BCUT2D eigenvalue weighted by Gasteiger charge is -2.26. The zero-order valence-electron chi connectivity index (χ0n) is 10.4.